The van der Waals surface area contributed by atoms with Gasteiger partial charge in [0.25, 0.3) is 0 Å². The topological polar surface area (TPSA) is 42.0 Å². The van der Waals surface area contributed by atoms with E-state index in [2.05, 4.69) is 10.3 Å². The van der Waals surface area contributed by atoms with E-state index < -0.39 is 16.7 Å². The molecule has 8 heteroatoms. The summed E-state index contributed by atoms with van der Waals surface area (Å²) in [4.78, 5) is 16.4. The molecule has 1 atom stereocenters. The summed E-state index contributed by atoms with van der Waals surface area (Å²) >= 11 is 0.904. The molecule has 1 rings (SSSR count). The van der Waals surface area contributed by atoms with Crippen LogP contribution in [0.3, 0.4) is 0 Å². The normalized spacial score (nSPS) is 13.5. The Morgan fingerprint density at radius 2 is 2.06 bits per heavy atom. The van der Waals surface area contributed by atoms with Crippen molar-refractivity contribution in [1.29, 1.82) is 0 Å². The zero-order valence-corrected chi connectivity index (χ0v) is 11.0. The Hall–Kier alpha value is -0.760. The first kappa shape index (κ1) is 14.3. The minimum Gasteiger partial charge on any atom is -0.301 e. The Bertz CT molecular complexity index is 397. The first-order valence-electron chi connectivity index (χ1n) is 4.68. The van der Waals surface area contributed by atoms with Crippen molar-refractivity contribution in [3.8, 4) is 0 Å². The summed E-state index contributed by atoms with van der Waals surface area (Å²) in [6.45, 7) is 4.81. The second kappa shape index (κ2) is 5.26. The third kappa shape index (κ3) is 4.55. The monoisotopic (exact) mass is 284 g/mol. The Labute approximate surface area is 105 Å². The molecule has 96 valence electrons. The predicted molar refractivity (Wildman–Crippen MR) is 63.3 cm³/mol. The SMILES string of the molecule is Cc1nc(NC(=O)C(C)SC(F)(F)F)sc1C. The van der Waals surface area contributed by atoms with Crippen LogP contribution in [0.4, 0.5) is 18.3 Å². The molecule has 17 heavy (non-hydrogen) atoms. The number of thioether (sulfide) groups is 1. The molecule has 0 bridgehead atoms. The molecule has 0 saturated carbocycles. The van der Waals surface area contributed by atoms with Crippen LogP contribution in [0.15, 0.2) is 0 Å². The highest BCUT2D eigenvalue weighted by Gasteiger charge is 2.34. The molecule has 0 aliphatic rings. The number of hydrogen-bond acceptors (Lipinski definition) is 4. The van der Waals surface area contributed by atoms with Gasteiger partial charge in [0.05, 0.1) is 10.9 Å². The lowest BCUT2D eigenvalue weighted by atomic mass is 10.4. The van der Waals surface area contributed by atoms with E-state index in [9.17, 15) is 18.0 Å². The van der Waals surface area contributed by atoms with Crippen molar-refractivity contribution in [1.82, 2.24) is 4.98 Å². The maximum atomic E-state index is 12.0. The summed E-state index contributed by atoms with van der Waals surface area (Å²) < 4.78 is 36.1. The molecule has 0 aliphatic carbocycles. The third-order valence-corrected chi connectivity index (χ3v) is 3.76. The number of thiazole rings is 1. The fourth-order valence-electron chi connectivity index (χ4n) is 0.987. The molecule has 0 radical (unpaired) electrons. The summed E-state index contributed by atoms with van der Waals surface area (Å²) in [5.41, 5.74) is -3.65. The van der Waals surface area contributed by atoms with Gasteiger partial charge in [-0.3, -0.25) is 4.79 Å². The Morgan fingerprint density at radius 1 is 1.47 bits per heavy atom. The first-order chi connectivity index (χ1) is 7.69. The fourth-order valence-corrected chi connectivity index (χ4v) is 2.37. The molecule has 1 aromatic rings. The second-order valence-electron chi connectivity index (χ2n) is 3.36. The number of halogens is 3. The number of aromatic nitrogens is 1. The van der Waals surface area contributed by atoms with Crippen LogP contribution in [0.1, 0.15) is 17.5 Å². The van der Waals surface area contributed by atoms with E-state index in [4.69, 9.17) is 0 Å². The van der Waals surface area contributed by atoms with E-state index in [0.29, 0.717) is 5.13 Å². The number of anilines is 1. The molecule has 0 fully saturated rings. The number of hydrogen-bond donors (Lipinski definition) is 1. The largest absolute Gasteiger partial charge is 0.442 e. The van der Waals surface area contributed by atoms with E-state index in [1.807, 2.05) is 6.92 Å². The van der Waals surface area contributed by atoms with Crippen LogP contribution in [0.25, 0.3) is 0 Å². The van der Waals surface area contributed by atoms with Crippen LogP contribution in [0.5, 0.6) is 0 Å². The van der Waals surface area contributed by atoms with Crippen molar-refractivity contribution in [2.24, 2.45) is 0 Å². The molecule has 1 N–H and O–H groups in total. The molecule has 1 aromatic heterocycles. The van der Waals surface area contributed by atoms with Crippen molar-refractivity contribution in [2.45, 2.75) is 31.5 Å². The average Bonchev–Trinajstić information content (AvgIpc) is 2.42. The average molecular weight is 284 g/mol. The lowest BCUT2D eigenvalue weighted by Gasteiger charge is -2.12. The number of carbonyl (C=O) groups excluding carboxylic acids is 1. The predicted octanol–water partition coefficient (Wildman–Crippen LogP) is 3.34. The Morgan fingerprint density at radius 3 is 2.47 bits per heavy atom. The molecule has 0 aliphatic heterocycles. The molecule has 1 heterocycles. The van der Waals surface area contributed by atoms with E-state index >= 15 is 0 Å². The third-order valence-electron chi connectivity index (χ3n) is 1.94. The van der Waals surface area contributed by atoms with Crippen molar-refractivity contribution in [3.05, 3.63) is 10.6 Å². The van der Waals surface area contributed by atoms with E-state index in [1.165, 1.54) is 18.3 Å². The van der Waals surface area contributed by atoms with E-state index in [-0.39, 0.29) is 11.8 Å². The van der Waals surface area contributed by atoms with Gasteiger partial charge in [0.1, 0.15) is 0 Å². The molecule has 0 aromatic carbocycles. The molecular formula is C9H11F3N2OS2. The number of aryl methyl sites for hydroxylation is 2. The van der Waals surface area contributed by atoms with Crippen molar-refractivity contribution in [3.63, 3.8) is 0 Å². The van der Waals surface area contributed by atoms with Crippen LogP contribution in [-0.2, 0) is 4.79 Å². The Kier molecular flexibility index (Phi) is 4.42. The van der Waals surface area contributed by atoms with Gasteiger partial charge in [-0.1, -0.05) is 0 Å². The molecule has 1 amide bonds. The number of carbonyl (C=O) groups is 1. The maximum Gasteiger partial charge on any atom is 0.442 e. The summed E-state index contributed by atoms with van der Waals surface area (Å²) in [6, 6.07) is 0. The fraction of sp³-hybridized carbons (Fsp3) is 0.556. The maximum absolute atomic E-state index is 12.0. The smallest absolute Gasteiger partial charge is 0.301 e. The highest BCUT2D eigenvalue weighted by molar-refractivity contribution is 8.01. The first-order valence-corrected chi connectivity index (χ1v) is 6.38. The van der Waals surface area contributed by atoms with Crippen molar-refractivity contribution in [2.75, 3.05) is 5.32 Å². The highest BCUT2D eigenvalue weighted by atomic mass is 32.2. The summed E-state index contributed by atoms with van der Waals surface area (Å²) in [6.07, 6.45) is 0. The molecule has 3 nitrogen and oxygen atoms in total. The van der Waals surface area contributed by atoms with Gasteiger partial charge in [-0.25, -0.2) is 4.98 Å². The molecule has 0 spiro atoms. The number of rotatable bonds is 3. The van der Waals surface area contributed by atoms with Gasteiger partial charge in [-0.2, -0.15) is 13.2 Å². The van der Waals surface area contributed by atoms with Gasteiger partial charge in [0.15, 0.2) is 5.13 Å². The van der Waals surface area contributed by atoms with Crippen molar-refractivity contribution < 1.29 is 18.0 Å². The van der Waals surface area contributed by atoms with E-state index in [0.717, 1.165) is 10.6 Å². The highest BCUT2D eigenvalue weighted by Crippen LogP contribution is 2.34. The van der Waals surface area contributed by atoms with Crippen LogP contribution in [-0.4, -0.2) is 21.6 Å². The Balaban J connectivity index is 2.60. The second-order valence-corrected chi connectivity index (χ2v) is 5.96. The van der Waals surface area contributed by atoms with Gasteiger partial charge in [-0.15, -0.1) is 11.3 Å². The lowest BCUT2D eigenvalue weighted by molar-refractivity contribution is -0.115. The van der Waals surface area contributed by atoms with Gasteiger partial charge < -0.3 is 5.32 Å². The zero-order valence-electron chi connectivity index (χ0n) is 9.38. The minimum absolute atomic E-state index is 0.333. The standard InChI is InChI=1S/C9H11F3N2OS2/c1-4-5(2)16-8(13-4)14-7(15)6(3)17-9(10,11)12/h6H,1-3H3,(H,13,14,15). The lowest BCUT2D eigenvalue weighted by Crippen LogP contribution is -2.25. The zero-order chi connectivity index (χ0) is 13.2. The number of alkyl halides is 3. The van der Waals surface area contributed by atoms with Crippen LogP contribution in [0.2, 0.25) is 0 Å². The van der Waals surface area contributed by atoms with Gasteiger partial charge in [0, 0.05) is 4.88 Å². The summed E-state index contributed by atoms with van der Waals surface area (Å²) in [7, 11) is 0. The minimum atomic E-state index is -4.41. The van der Waals surface area contributed by atoms with Crippen LogP contribution in [0, 0.1) is 13.8 Å². The number of nitrogens with zero attached hydrogens (tertiary/aromatic N) is 1. The number of amides is 1. The molecule has 0 saturated heterocycles. The summed E-state index contributed by atoms with van der Waals surface area (Å²) in [5, 5.41) is 1.51. The van der Waals surface area contributed by atoms with Gasteiger partial charge >= 0.3 is 5.51 Å². The molecular weight excluding hydrogens is 273 g/mol. The van der Waals surface area contributed by atoms with Crippen LogP contribution >= 0.6 is 23.1 Å². The van der Waals surface area contributed by atoms with Gasteiger partial charge in [-0.05, 0) is 32.5 Å². The van der Waals surface area contributed by atoms with Crippen molar-refractivity contribution >= 4 is 34.1 Å². The quantitative estimate of drug-likeness (QED) is 0.925. The van der Waals surface area contributed by atoms with Crippen LogP contribution < -0.4 is 5.32 Å². The van der Waals surface area contributed by atoms with Gasteiger partial charge in [0.2, 0.25) is 5.91 Å². The van der Waals surface area contributed by atoms with E-state index in [1.54, 1.807) is 6.92 Å². The number of nitrogens with one attached hydrogen (secondary N) is 1. The molecule has 1 unspecified atom stereocenters. The summed E-state index contributed by atoms with van der Waals surface area (Å²) in [5.74, 6) is -0.693.